The predicted octanol–water partition coefficient (Wildman–Crippen LogP) is 5.14. The molecule has 2 aromatic heterocycles. The van der Waals surface area contributed by atoms with Crippen molar-refractivity contribution in [2.75, 3.05) is 14.2 Å². The first-order valence-electron chi connectivity index (χ1n) is 9.52. The van der Waals surface area contributed by atoms with Gasteiger partial charge in [0.05, 0.1) is 30.8 Å². The summed E-state index contributed by atoms with van der Waals surface area (Å²) in [7, 11) is 1.51. The van der Waals surface area contributed by atoms with Crippen molar-refractivity contribution in [2.45, 2.75) is 12.8 Å². The number of rotatable bonds is 7. The summed E-state index contributed by atoms with van der Waals surface area (Å²) in [5, 5.41) is 10.1. The van der Waals surface area contributed by atoms with Crippen molar-refractivity contribution in [3.05, 3.63) is 70.9 Å². The lowest BCUT2D eigenvalue weighted by Gasteiger charge is -2.11. The Morgan fingerprint density at radius 3 is 2.45 bits per heavy atom. The SMILES string of the molecule is COc1cc2ncn(-c3ccc(C(=O)O)[s+]3OCc3ccccc3C(F)(F)F)c2cc1OC. The lowest BCUT2D eigenvalue weighted by molar-refractivity contribution is -0.138. The van der Waals surface area contributed by atoms with Crippen LogP contribution in [0.15, 0.2) is 54.9 Å². The Kier molecular flexibility index (Phi) is 6.00. The van der Waals surface area contributed by atoms with Crippen LogP contribution in [-0.4, -0.2) is 34.8 Å². The molecule has 4 rings (SSSR count). The van der Waals surface area contributed by atoms with Gasteiger partial charge < -0.3 is 14.6 Å². The van der Waals surface area contributed by atoms with Gasteiger partial charge in [-0.3, -0.25) is 4.57 Å². The summed E-state index contributed by atoms with van der Waals surface area (Å²) >= 11 is 0. The maximum absolute atomic E-state index is 13.4. The molecule has 0 aliphatic rings. The van der Waals surface area contributed by atoms with Gasteiger partial charge in [0.25, 0.3) is 9.88 Å². The summed E-state index contributed by atoms with van der Waals surface area (Å²) in [5.74, 6) is -0.312. The van der Waals surface area contributed by atoms with Crippen LogP contribution in [0.2, 0.25) is 0 Å². The first kappa shape index (κ1) is 22.6. The van der Waals surface area contributed by atoms with Gasteiger partial charge in [0.2, 0.25) is 0 Å². The minimum Gasteiger partial charge on any atom is -0.493 e. The van der Waals surface area contributed by atoms with E-state index in [2.05, 4.69) is 4.98 Å². The van der Waals surface area contributed by atoms with Gasteiger partial charge in [0, 0.05) is 24.3 Å². The number of carboxylic acids is 1. The number of carboxylic acid groups (broad SMARTS) is 1. The number of imidazole rings is 1. The molecule has 33 heavy (non-hydrogen) atoms. The van der Waals surface area contributed by atoms with E-state index in [4.69, 9.17) is 13.7 Å². The maximum atomic E-state index is 13.4. The van der Waals surface area contributed by atoms with Crippen molar-refractivity contribution in [2.24, 2.45) is 0 Å². The lowest BCUT2D eigenvalue weighted by Crippen LogP contribution is -2.11. The summed E-state index contributed by atoms with van der Waals surface area (Å²) in [5.41, 5.74) is 0.235. The second-order valence-electron chi connectivity index (χ2n) is 6.84. The number of alkyl halides is 3. The lowest BCUT2D eigenvalue weighted by atomic mass is 10.1. The van der Waals surface area contributed by atoms with Crippen LogP contribution >= 0.6 is 10.8 Å². The molecule has 1 unspecified atom stereocenters. The molecule has 11 heteroatoms. The Labute approximate surface area is 188 Å². The number of hydrogen-bond acceptors (Lipinski definition) is 5. The van der Waals surface area contributed by atoms with Crippen LogP contribution in [0.4, 0.5) is 13.2 Å². The highest BCUT2D eigenvalue weighted by atomic mass is 32.2. The zero-order valence-corrected chi connectivity index (χ0v) is 18.2. The maximum Gasteiger partial charge on any atom is 0.416 e. The molecule has 0 amide bonds. The molecule has 0 spiro atoms. The number of aromatic carboxylic acids is 1. The Hall–Kier alpha value is -3.57. The van der Waals surface area contributed by atoms with Gasteiger partial charge in [-0.05, 0) is 11.6 Å². The Morgan fingerprint density at radius 1 is 1.09 bits per heavy atom. The molecule has 172 valence electrons. The number of halogens is 3. The fraction of sp³-hybridized carbons (Fsp3) is 0.182. The Bertz CT molecular complexity index is 1330. The number of thiophene rings is 1. The molecule has 1 N–H and O–H groups in total. The highest BCUT2D eigenvalue weighted by Gasteiger charge is 2.35. The van der Waals surface area contributed by atoms with Gasteiger partial charge in [0.15, 0.2) is 22.2 Å². The van der Waals surface area contributed by atoms with Crippen molar-refractivity contribution < 1.29 is 36.7 Å². The third-order valence-corrected chi connectivity index (χ3v) is 6.70. The van der Waals surface area contributed by atoms with E-state index < -0.39 is 35.1 Å². The minimum absolute atomic E-state index is 0.0724. The molecular formula is C22H18F3N2O5S+. The van der Waals surface area contributed by atoms with Crippen LogP contribution in [0.1, 0.15) is 20.8 Å². The Morgan fingerprint density at radius 2 is 1.79 bits per heavy atom. The van der Waals surface area contributed by atoms with Crippen molar-refractivity contribution >= 4 is 27.8 Å². The van der Waals surface area contributed by atoms with E-state index in [0.717, 1.165) is 6.07 Å². The molecule has 7 nitrogen and oxygen atoms in total. The third kappa shape index (κ3) is 4.24. The fourth-order valence-electron chi connectivity index (χ4n) is 3.38. The topological polar surface area (TPSA) is 82.8 Å². The third-order valence-electron chi connectivity index (χ3n) is 4.92. The second kappa shape index (κ2) is 8.75. The van der Waals surface area contributed by atoms with Crippen LogP contribution in [0.25, 0.3) is 16.0 Å². The van der Waals surface area contributed by atoms with Gasteiger partial charge in [-0.25, -0.2) is 9.78 Å². The van der Waals surface area contributed by atoms with Crippen molar-refractivity contribution in [3.63, 3.8) is 0 Å². The van der Waals surface area contributed by atoms with E-state index in [1.807, 2.05) is 0 Å². The van der Waals surface area contributed by atoms with Gasteiger partial charge in [0.1, 0.15) is 12.9 Å². The highest BCUT2D eigenvalue weighted by Crippen LogP contribution is 2.39. The quantitative estimate of drug-likeness (QED) is 0.370. The van der Waals surface area contributed by atoms with E-state index in [1.54, 1.807) is 22.8 Å². The Balaban J connectivity index is 1.78. The minimum atomic E-state index is -4.56. The number of benzene rings is 2. The molecule has 0 radical (unpaired) electrons. The normalized spacial score (nSPS) is 12.2. The number of fused-ring (bicyclic) bond motifs is 1. The molecule has 0 fully saturated rings. The molecule has 1 atom stereocenters. The van der Waals surface area contributed by atoms with Crippen LogP contribution < -0.4 is 13.7 Å². The number of carbonyl (C=O) groups is 1. The fourth-order valence-corrected chi connectivity index (χ4v) is 4.97. The number of nitrogens with zero attached hydrogens (tertiary/aromatic N) is 2. The summed E-state index contributed by atoms with van der Waals surface area (Å²) in [6, 6.07) is 11.3. The molecule has 0 saturated heterocycles. The second-order valence-corrected chi connectivity index (χ2v) is 8.47. The summed E-state index contributed by atoms with van der Waals surface area (Å²) < 4.78 is 58.1. The van der Waals surface area contributed by atoms with Gasteiger partial charge in [-0.15, -0.1) is 4.18 Å². The molecule has 2 heterocycles. The molecular weight excluding hydrogens is 461 g/mol. The summed E-state index contributed by atoms with van der Waals surface area (Å²) in [6.45, 7) is -0.426. The van der Waals surface area contributed by atoms with Crippen LogP contribution in [0.5, 0.6) is 11.5 Å². The molecule has 0 aliphatic heterocycles. The smallest absolute Gasteiger partial charge is 0.416 e. The molecule has 0 aliphatic carbocycles. The average Bonchev–Trinajstić information content (AvgIpc) is 3.39. The molecule has 2 aromatic carbocycles. The van der Waals surface area contributed by atoms with E-state index >= 15 is 0 Å². The van der Waals surface area contributed by atoms with Crippen molar-refractivity contribution in [3.8, 4) is 16.5 Å². The average molecular weight is 479 g/mol. The van der Waals surface area contributed by atoms with Gasteiger partial charge in [-0.2, -0.15) is 13.2 Å². The van der Waals surface area contributed by atoms with Crippen molar-refractivity contribution in [1.82, 2.24) is 9.55 Å². The highest BCUT2D eigenvalue weighted by molar-refractivity contribution is 7.30. The van der Waals surface area contributed by atoms with Crippen LogP contribution in [-0.2, 0) is 12.8 Å². The van der Waals surface area contributed by atoms with Gasteiger partial charge in [-0.1, -0.05) is 18.2 Å². The van der Waals surface area contributed by atoms with E-state index in [-0.39, 0.29) is 10.4 Å². The van der Waals surface area contributed by atoms with E-state index in [0.29, 0.717) is 27.5 Å². The largest absolute Gasteiger partial charge is 0.493 e. The first-order chi connectivity index (χ1) is 15.7. The zero-order chi connectivity index (χ0) is 23.8. The predicted molar refractivity (Wildman–Crippen MR) is 115 cm³/mol. The summed E-state index contributed by atoms with van der Waals surface area (Å²) in [4.78, 5) is 16.1. The number of methoxy groups -OCH3 is 2. The standard InChI is InChI=1S/C22H17F3N2O5S/c1-30-17-9-15-16(10-18(17)31-2)27(12-26-15)20-8-7-19(21(28)29)33(20)32-11-13-5-3-4-6-14(13)22(23,24)25/h3-10,12H,11H2,1-2H3/p+1. The van der Waals surface area contributed by atoms with Gasteiger partial charge >= 0.3 is 12.1 Å². The molecule has 4 aromatic rings. The van der Waals surface area contributed by atoms with E-state index in [1.165, 1.54) is 44.8 Å². The van der Waals surface area contributed by atoms with Crippen LogP contribution in [0, 0.1) is 0 Å². The van der Waals surface area contributed by atoms with Crippen molar-refractivity contribution in [1.29, 1.82) is 0 Å². The van der Waals surface area contributed by atoms with E-state index in [9.17, 15) is 23.1 Å². The zero-order valence-electron chi connectivity index (χ0n) is 17.4. The monoisotopic (exact) mass is 479 g/mol. The van der Waals surface area contributed by atoms with Crippen LogP contribution in [0.3, 0.4) is 0 Å². The number of hydrogen-bond donors (Lipinski definition) is 1. The summed E-state index contributed by atoms with van der Waals surface area (Å²) in [6.07, 6.45) is -3.07. The first-order valence-corrected chi connectivity index (χ1v) is 10.7. The molecule has 0 bridgehead atoms. The number of aromatic nitrogens is 2. The molecule has 0 saturated carbocycles. The number of ether oxygens (including phenoxy) is 2.